The number of halogens is 2. The van der Waals surface area contributed by atoms with Gasteiger partial charge in [-0.25, -0.2) is 4.79 Å². The Bertz CT molecular complexity index is 600. The molecule has 0 aliphatic heterocycles. The highest BCUT2D eigenvalue weighted by Crippen LogP contribution is 2.32. The highest BCUT2D eigenvalue weighted by atomic mass is 79.9. The Kier molecular flexibility index (Phi) is 4.67. The molecule has 1 aromatic carbocycles. The molecule has 0 aromatic heterocycles. The predicted molar refractivity (Wildman–Crippen MR) is 68.4 cm³/mol. The lowest BCUT2D eigenvalue weighted by Gasteiger charge is -2.09. The number of carbonyl (C=O) groups is 1. The normalized spacial score (nSPS) is 8.89. The van der Waals surface area contributed by atoms with Crippen molar-refractivity contribution in [1.82, 2.24) is 0 Å². The molecule has 0 aliphatic rings. The Morgan fingerprint density at radius 1 is 1.44 bits per heavy atom. The van der Waals surface area contributed by atoms with Crippen LogP contribution in [0.1, 0.15) is 10.4 Å². The number of anilines is 1. The molecule has 1 rings (SSSR count). The van der Waals surface area contributed by atoms with Gasteiger partial charge < -0.3 is 5.11 Å². The quantitative estimate of drug-likeness (QED) is 0.655. The molecule has 8 heteroatoms. The van der Waals surface area contributed by atoms with Crippen molar-refractivity contribution in [2.75, 3.05) is 5.43 Å². The van der Waals surface area contributed by atoms with Crippen LogP contribution in [-0.4, -0.2) is 16.8 Å². The van der Waals surface area contributed by atoms with E-state index in [1.54, 1.807) is 0 Å². The molecule has 0 bridgehead atoms. The maximum absolute atomic E-state index is 11.1. The third-order valence-corrected chi connectivity index (χ3v) is 2.78. The van der Waals surface area contributed by atoms with E-state index in [1.165, 1.54) is 24.3 Å². The largest absolute Gasteiger partial charge is 0.478 e. The summed E-state index contributed by atoms with van der Waals surface area (Å²) in [6, 6.07) is 5.99. The van der Waals surface area contributed by atoms with Gasteiger partial charge in [0.25, 0.3) is 0 Å². The first-order valence-corrected chi connectivity index (χ1v) is 5.53. The number of hydrogen-bond donors (Lipinski definition) is 2. The van der Waals surface area contributed by atoms with Gasteiger partial charge >= 0.3 is 5.97 Å². The van der Waals surface area contributed by atoms with Crippen LogP contribution in [0.4, 0.5) is 5.69 Å². The smallest absolute Gasteiger partial charge is 0.339 e. The lowest BCUT2D eigenvalue weighted by atomic mass is 10.2. The minimum atomic E-state index is -1.26. The maximum Gasteiger partial charge on any atom is 0.339 e. The zero-order valence-corrected chi connectivity index (χ0v) is 10.9. The molecule has 0 aliphatic carbocycles. The molecule has 90 valence electrons. The molecular weight excluding hydrogens is 323 g/mol. The molecule has 0 unspecified atom stereocenters. The van der Waals surface area contributed by atoms with Crippen LogP contribution in [-0.2, 0) is 0 Å². The minimum Gasteiger partial charge on any atom is -0.478 e. The fourth-order valence-corrected chi connectivity index (χ4v) is 1.71. The van der Waals surface area contributed by atoms with E-state index >= 15 is 0 Å². The summed E-state index contributed by atoms with van der Waals surface area (Å²) in [6.45, 7) is 0. The van der Waals surface area contributed by atoms with Crippen LogP contribution in [0.25, 0.3) is 0 Å². The zero-order chi connectivity index (χ0) is 13.7. The third kappa shape index (κ3) is 2.98. The van der Waals surface area contributed by atoms with Crippen LogP contribution >= 0.6 is 27.5 Å². The second kappa shape index (κ2) is 6.01. The van der Waals surface area contributed by atoms with Crippen LogP contribution in [0.5, 0.6) is 0 Å². The summed E-state index contributed by atoms with van der Waals surface area (Å²) in [6.07, 6.45) is 0. The summed E-state index contributed by atoms with van der Waals surface area (Å²) in [5, 5.41) is 29.5. The summed E-state index contributed by atoms with van der Waals surface area (Å²) < 4.78 is 0.392. The van der Waals surface area contributed by atoms with Crippen molar-refractivity contribution in [3.8, 4) is 12.1 Å². The molecule has 6 nitrogen and oxygen atoms in total. The summed E-state index contributed by atoms with van der Waals surface area (Å²) in [4.78, 5) is 11.1. The van der Waals surface area contributed by atoms with Gasteiger partial charge in [-0.2, -0.15) is 15.6 Å². The Morgan fingerprint density at radius 2 is 2.06 bits per heavy atom. The Labute approximate surface area is 115 Å². The number of hydrazone groups is 1. The molecule has 1 aromatic rings. The lowest BCUT2D eigenvalue weighted by molar-refractivity contribution is 0.0698. The van der Waals surface area contributed by atoms with E-state index in [1.807, 2.05) is 0 Å². The predicted octanol–water partition coefficient (Wildman–Crippen LogP) is 2.62. The van der Waals surface area contributed by atoms with Crippen molar-refractivity contribution in [2.24, 2.45) is 5.10 Å². The van der Waals surface area contributed by atoms with Crippen molar-refractivity contribution >= 4 is 44.9 Å². The maximum atomic E-state index is 11.1. The second-order valence-electron chi connectivity index (χ2n) is 2.88. The highest BCUT2D eigenvalue weighted by Gasteiger charge is 2.17. The molecule has 0 spiro atoms. The first kappa shape index (κ1) is 14.0. The van der Waals surface area contributed by atoms with E-state index in [4.69, 9.17) is 27.2 Å². The molecule has 2 N–H and O–H groups in total. The van der Waals surface area contributed by atoms with Crippen molar-refractivity contribution in [2.45, 2.75) is 0 Å². The number of nitriles is 2. The first-order chi connectivity index (χ1) is 8.51. The third-order valence-electron chi connectivity index (χ3n) is 1.81. The summed E-state index contributed by atoms with van der Waals surface area (Å²) in [5.41, 5.74) is 1.77. The number of rotatable bonds is 3. The van der Waals surface area contributed by atoms with E-state index in [0.717, 1.165) is 0 Å². The molecule has 18 heavy (non-hydrogen) atoms. The fraction of sp³-hybridized carbons (Fsp3) is 0. The number of hydrogen-bond acceptors (Lipinski definition) is 5. The van der Waals surface area contributed by atoms with Gasteiger partial charge in [0.15, 0.2) is 0 Å². The molecule has 0 heterocycles. The van der Waals surface area contributed by atoms with Crippen molar-refractivity contribution in [1.29, 1.82) is 10.5 Å². The summed E-state index contributed by atoms with van der Waals surface area (Å²) in [5.74, 6) is -1.26. The average Bonchev–Trinajstić information content (AvgIpc) is 2.34. The van der Waals surface area contributed by atoms with Gasteiger partial charge in [-0.05, 0) is 28.1 Å². The zero-order valence-electron chi connectivity index (χ0n) is 8.61. The Balaban J connectivity index is 3.30. The van der Waals surface area contributed by atoms with Crippen molar-refractivity contribution in [3.05, 3.63) is 27.2 Å². The topological polar surface area (TPSA) is 109 Å². The highest BCUT2D eigenvalue weighted by molar-refractivity contribution is 9.10. The average molecular weight is 328 g/mol. The number of nitrogens with zero attached hydrogens (tertiary/aromatic N) is 3. The molecule has 0 amide bonds. The van der Waals surface area contributed by atoms with Crippen LogP contribution in [0, 0.1) is 22.7 Å². The Morgan fingerprint density at radius 3 is 2.56 bits per heavy atom. The first-order valence-electron chi connectivity index (χ1n) is 4.36. The SMILES string of the molecule is N#CC(C#N)=NNc1c(Br)ccc(Cl)c1C(=O)O. The van der Waals surface area contributed by atoms with Gasteiger partial charge in [0.05, 0.1) is 10.7 Å². The van der Waals surface area contributed by atoms with E-state index < -0.39 is 11.7 Å². The van der Waals surface area contributed by atoms with E-state index in [9.17, 15) is 4.79 Å². The number of benzene rings is 1. The monoisotopic (exact) mass is 326 g/mol. The summed E-state index contributed by atoms with van der Waals surface area (Å²) >= 11 is 8.88. The van der Waals surface area contributed by atoms with E-state index in [-0.39, 0.29) is 16.3 Å². The number of aromatic carboxylic acids is 1. The van der Waals surface area contributed by atoms with Gasteiger partial charge in [-0.3, -0.25) is 5.43 Å². The molecule has 0 radical (unpaired) electrons. The number of carboxylic acid groups (broad SMARTS) is 1. The van der Waals surface area contributed by atoms with Gasteiger partial charge in [-0.15, -0.1) is 0 Å². The fourth-order valence-electron chi connectivity index (χ4n) is 1.06. The molecule has 0 atom stereocenters. The van der Waals surface area contributed by atoms with Crippen LogP contribution in [0.2, 0.25) is 5.02 Å². The molecule has 0 saturated carbocycles. The minimum absolute atomic E-state index is 0.0128. The second-order valence-corrected chi connectivity index (χ2v) is 4.14. The van der Waals surface area contributed by atoms with Crippen LogP contribution in [0.3, 0.4) is 0 Å². The summed E-state index contributed by atoms with van der Waals surface area (Å²) in [7, 11) is 0. The van der Waals surface area contributed by atoms with Crippen LogP contribution < -0.4 is 5.43 Å². The molecular formula is C10H4BrClN4O2. The van der Waals surface area contributed by atoms with Gasteiger partial charge in [0.1, 0.15) is 17.7 Å². The molecule has 0 saturated heterocycles. The van der Waals surface area contributed by atoms with Crippen molar-refractivity contribution < 1.29 is 9.90 Å². The number of carboxylic acids is 1. The number of nitrogens with one attached hydrogen (secondary N) is 1. The standard InChI is InChI=1S/C10H4BrClN4O2/c11-6-1-2-7(12)8(10(17)18)9(6)16-15-5(3-13)4-14/h1-2,16H,(H,17,18). The lowest BCUT2D eigenvalue weighted by Crippen LogP contribution is -2.05. The van der Waals surface area contributed by atoms with Gasteiger partial charge in [0, 0.05) is 4.47 Å². The van der Waals surface area contributed by atoms with E-state index in [0.29, 0.717) is 4.47 Å². The molecule has 0 fully saturated rings. The van der Waals surface area contributed by atoms with Crippen LogP contribution in [0.15, 0.2) is 21.7 Å². The van der Waals surface area contributed by atoms with Crippen molar-refractivity contribution in [3.63, 3.8) is 0 Å². The van der Waals surface area contributed by atoms with Gasteiger partial charge in [0.2, 0.25) is 5.71 Å². The Hall–Kier alpha value is -2.09. The van der Waals surface area contributed by atoms with E-state index in [2.05, 4.69) is 26.5 Å². The van der Waals surface area contributed by atoms with Gasteiger partial charge in [-0.1, -0.05) is 11.6 Å².